The standard InChI is InChI=1S/C18H26ClN5O2.HI/c1-5-20-18(22-12-14-7-8-23-24(14)3)21-11-13-9-15(19)17(26-6-2)16(10-13)25-4;/h7-10H,5-6,11-12H2,1-4H3,(H2,20,21,22);1H. The first-order valence-corrected chi connectivity index (χ1v) is 8.95. The Hall–Kier alpha value is -1.68. The van der Waals surface area contributed by atoms with Crippen molar-refractivity contribution in [2.24, 2.45) is 12.0 Å². The number of rotatable bonds is 8. The number of hydrogen-bond acceptors (Lipinski definition) is 4. The fourth-order valence-corrected chi connectivity index (χ4v) is 2.70. The van der Waals surface area contributed by atoms with E-state index in [9.17, 15) is 0 Å². The molecule has 150 valence electrons. The summed E-state index contributed by atoms with van der Waals surface area (Å²) in [5.74, 6) is 1.89. The quantitative estimate of drug-likeness (QED) is 0.326. The number of nitrogens with one attached hydrogen (secondary N) is 2. The Morgan fingerprint density at radius 3 is 2.67 bits per heavy atom. The van der Waals surface area contributed by atoms with E-state index >= 15 is 0 Å². The molecular formula is C18H27ClIN5O2. The summed E-state index contributed by atoms with van der Waals surface area (Å²) >= 11 is 6.32. The van der Waals surface area contributed by atoms with Crippen molar-refractivity contribution in [3.63, 3.8) is 0 Å². The maximum atomic E-state index is 6.32. The summed E-state index contributed by atoms with van der Waals surface area (Å²) in [6, 6.07) is 5.71. The zero-order chi connectivity index (χ0) is 18.9. The summed E-state index contributed by atoms with van der Waals surface area (Å²) in [4.78, 5) is 4.61. The molecule has 0 radical (unpaired) electrons. The molecule has 1 aromatic heterocycles. The Bertz CT molecular complexity index is 751. The first-order valence-electron chi connectivity index (χ1n) is 8.57. The minimum atomic E-state index is 0. The summed E-state index contributed by atoms with van der Waals surface area (Å²) in [5.41, 5.74) is 2.01. The van der Waals surface area contributed by atoms with Crippen molar-refractivity contribution in [3.8, 4) is 11.5 Å². The highest BCUT2D eigenvalue weighted by atomic mass is 127. The molecule has 0 spiro atoms. The Kier molecular flexibility index (Phi) is 10.3. The third kappa shape index (κ3) is 6.76. The van der Waals surface area contributed by atoms with Gasteiger partial charge in [-0.25, -0.2) is 4.99 Å². The van der Waals surface area contributed by atoms with Crippen LogP contribution in [0.2, 0.25) is 5.02 Å². The lowest BCUT2D eigenvalue weighted by atomic mass is 10.2. The topological polar surface area (TPSA) is 72.7 Å². The van der Waals surface area contributed by atoms with Crippen molar-refractivity contribution in [1.29, 1.82) is 0 Å². The van der Waals surface area contributed by atoms with Crippen LogP contribution in [0.4, 0.5) is 0 Å². The number of aryl methyl sites for hydroxylation is 1. The molecule has 9 heteroatoms. The molecule has 0 saturated heterocycles. The van der Waals surface area contributed by atoms with Gasteiger partial charge in [-0.1, -0.05) is 11.6 Å². The van der Waals surface area contributed by atoms with Crippen molar-refractivity contribution in [2.75, 3.05) is 20.3 Å². The summed E-state index contributed by atoms with van der Waals surface area (Å²) in [6.45, 7) is 6.32. The molecule has 0 aliphatic carbocycles. The third-order valence-electron chi connectivity index (χ3n) is 3.70. The van der Waals surface area contributed by atoms with Crippen molar-refractivity contribution in [3.05, 3.63) is 40.7 Å². The zero-order valence-electron chi connectivity index (χ0n) is 16.1. The third-order valence-corrected chi connectivity index (χ3v) is 3.98. The van der Waals surface area contributed by atoms with E-state index in [2.05, 4.69) is 20.7 Å². The minimum absolute atomic E-state index is 0. The van der Waals surface area contributed by atoms with E-state index in [4.69, 9.17) is 21.1 Å². The number of hydrogen-bond donors (Lipinski definition) is 2. The lowest BCUT2D eigenvalue weighted by molar-refractivity contribution is 0.311. The van der Waals surface area contributed by atoms with Crippen LogP contribution < -0.4 is 20.1 Å². The highest BCUT2D eigenvalue weighted by Gasteiger charge is 2.11. The molecule has 0 amide bonds. The highest BCUT2D eigenvalue weighted by molar-refractivity contribution is 14.0. The van der Waals surface area contributed by atoms with Gasteiger partial charge in [0.1, 0.15) is 0 Å². The molecule has 0 unspecified atom stereocenters. The van der Waals surface area contributed by atoms with Gasteiger partial charge in [-0.3, -0.25) is 4.68 Å². The molecule has 2 aromatic rings. The van der Waals surface area contributed by atoms with Crippen molar-refractivity contribution >= 4 is 41.5 Å². The SMILES string of the molecule is CCNC(=NCc1cc(Cl)c(OCC)c(OC)c1)NCc1ccnn1C.I. The molecule has 0 saturated carbocycles. The van der Waals surface area contributed by atoms with Crippen LogP contribution in [0.5, 0.6) is 11.5 Å². The average molecular weight is 508 g/mol. The Balaban J connectivity index is 0.00000364. The predicted octanol–water partition coefficient (Wildman–Crippen LogP) is 3.35. The van der Waals surface area contributed by atoms with Crippen LogP contribution >= 0.6 is 35.6 Å². The monoisotopic (exact) mass is 507 g/mol. The smallest absolute Gasteiger partial charge is 0.191 e. The molecule has 0 aliphatic heterocycles. The molecule has 2 N–H and O–H groups in total. The predicted molar refractivity (Wildman–Crippen MR) is 119 cm³/mol. The van der Waals surface area contributed by atoms with Gasteiger partial charge in [-0.05, 0) is 37.6 Å². The average Bonchev–Trinajstić information content (AvgIpc) is 3.04. The summed E-state index contributed by atoms with van der Waals surface area (Å²) in [6.07, 6.45) is 1.77. The van der Waals surface area contributed by atoms with Gasteiger partial charge in [0.05, 0.1) is 37.5 Å². The van der Waals surface area contributed by atoms with Gasteiger partial charge in [0.15, 0.2) is 17.5 Å². The van der Waals surface area contributed by atoms with Crippen LogP contribution in [-0.4, -0.2) is 36.0 Å². The number of aliphatic imine (C=N–C) groups is 1. The van der Waals surface area contributed by atoms with Gasteiger partial charge in [0, 0.05) is 19.8 Å². The van der Waals surface area contributed by atoms with E-state index < -0.39 is 0 Å². The number of guanidine groups is 1. The largest absolute Gasteiger partial charge is 0.493 e. The maximum absolute atomic E-state index is 6.32. The van der Waals surface area contributed by atoms with Crippen LogP contribution in [0.1, 0.15) is 25.1 Å². The van der Waals surface area contributed by atoms with Gasteiger partial charge in [0.2, 0.25) is 0 Å². The second-order valence-corrected chi connectivity index (χ2v) is 5.94. The van der Waals surface area contributed by atoms with Gasteiger partial charge in [-0.15, -0.1) is 24.0 Å². The highest BCUT2D eigenvalue weighted by Crippen LogP contribution is 2.36. The molecule has 0 fully saturated rings. The Morgan fingerprint density at radius 2 is 2.07 bits per heavy atom. The fraction of sp³-hybridized carbons (Fsp3) is 0.444. The Labute approximate surface area is 182 Å². The number of nitrogens with zero attached hydrogens (tertiary/aromatic N) is 3. The van der Waals surface area contributed by atoms with Crippen LogP contribution in [0, 0.1) is 0 Å². The van der Waals surface area contributed by atoms with Crippen molar-refractivity contribution in [2.45, 2.75) is 26.9 Å². The first kappa shape index (κ1) is 23.4. The van der Waals surface area contributed by atoms with E-state index in [0.717, 1.165) is 23.8 Å². The van der Waals surface area contributed by atoms with Crippen LogP contribution in [0.3, 0.4) is 0 Å². The van der Waals surface area contributed by atoms with E-state index in [1.165, 1.54) is 0 Å². The summed E-state index contributed by atoms with van der Waals surface area (Å²) in [7, 11) is 3.51. The number of methoxy groups -OCH3 is 1. The molecule has 7 nitrogen and oxygen atoms in total. The van der Waals surface area contributed by atoms with Gasteiger partial charge in [-0.2, -0.15) is 5.10 Å². The molecule has 2 rings (SSSR count). The van der Waals surface area contributed by atoms with Crippen LogP contribution in [0.25, 0.3) is 0 Å². The molecule has 1 aromatic carbocycles. The summed E-state index contributed by atoms with van der Waals surface area (Å²) in [5, 5.41) is 11.2. The lowest BCUT2D eigenvalue weighted by Crippen LogP contribution is -2.37. The first-order chi connectivity index (χ1) is 12.6. The van der Waals surface area contributed by atoms with Crippen LogP contribution in [0.15, 0.2) is 29.4 Å². The van der Waals surface area contributed by atoms with Crippen LogP contribution in [-0.2, 0) is 20.1 Å². The minimum Gasteiger partial charge on any atom is -0.493 e. The van der Waals surface area contributed by atoms with E-state index in [0.29, 0.717) is 36.2 Å². The second kappa shape index (κ2) is 11.9. The van der Waals surface area contributed by atoms with Crippen molar-refractivity contribution in [1.82, 2.24) is 20.4 Å². The van der Waals surface area contributed by atoms with E-state index in [-0.39, 0.29) is 24.0 Å². The van der Waals surface area contributed by atoms with Crippen molar-refractivity contribution < 1.29 is 9.47 Å². The number of ether oxygens (including phenoxy) is 2. The van der Waals surface area contributed by atoms with Gasteiger partial charge >= 0.3 is 0 Å². The fourth-order valence-electron chi connectivity index (χ4n) is 2.41. The molecule has 0 atom stereocenters. The molecular weight excluding hydrogens is 481 g/mol. The summed E-state index contributed by atoms with van der Waals surface area (Å²) < 4.78 is 12.8. The maximum Gasteiger partial charge on any atom is 0.191 e. The van der Waals surface area contributed by atoms with E-state index in [1.54, 1.807) is 13.3 Å². The normalized spacial score (nSPS) is 10.9. The lowest BCUT2D eigenvalue weighted by Gasteiger charge is -2.14. The zero-order valence-corrected chi connectivity index (χ0v) is 19.2. The van der Waals surface area contributed by atoms with Gasteiger partial charge in [0.25, 0.3) is 0 Å². The number of benzene rings is 1. The van der Waals surface area contributed by atoms with Gasteiger partial charge < -0.3 is 20.1 Å². The Morgan fingerprint density at radius 1 is 1.30 bits per heavy atom. The second-order valence-electron chi connectivity index (χ2n) is 5.54. The number of aromatic nitrogens is 2. The molecule has 27 heavy (non-hydrogen) atoms. The number of halogens is 2. The van der Waals surface area contributed by atoms with E-state index in [1.807, 2.05) is 43.8 Å². The molecule has 0 aliphatic rings. The molecule has 1 heterocycles. The molecule has 0 bridgehead atoms.